The van der Waals surface area contributed by atoms with Crippen LogP contribution < -0.4 is 14.2 Å². The molecule has 1 saturated heterocycles. The van der Waals surface area contributed by atoms with Crippen LogP contribution in [0.15, 0.2) is 42.5 Å². The average molecular weight is 351 g/mol. The highest BCUT2D eigenvalue weighted by Crippen LogP contribution is 2.35. The van der Waals surface area contributed by atoms with Gasteiger partial charge in [0.25, 0.3) is 5.91 Å². The molecule has 26 heavy (non-hydrogen) atoms. The molecule has 5 heteroatoms. The Labute approximate surface area is 152 Å². The number of benzene rings is 2. The molecule has 3 aliphatic heterocycles. The molecular weight excluding hydrogens is 330 g/mol. The molecule has 0 aliphatic carbocycles. The van der Waals surface area contributed by atoms with Gasteiger partial charge >= 0.3 is 0 Å². The molecular formula is C21H21NO4. The van der Waals surface area contributed by atoms with Gasteiger partial charge in [0.1, 0.15) is 12.4 Å². The van der Waals surface area contributed by atoms with Gasteiger partial charge in [-0.25, -0.2) is 0 Å². The maximum absolute atomic E-state index is 12.9. The van der Waals surface area contributed by atoms with Crippen LogP contribution in [0.3, 0.4) is 0 Å². The maximum atomic E-state index is 12.9. The number of carbonyl (C=O) groups is 1. The van der Waals surface area contributed by atoms with E-state index < -0.39 is 6.10 Å². The first-order chi connectivity index (χ1) is 12.8. The summed E-state index contributed by atoms with van der Waals surface area (Å²) in [6.07, 6.45) is 1.40. The van der Waals surface area contributed by atoms with E-state index in [1.807, 2.05) is 29.2 Å². The molecule has 134 valence electrons. The van der Waals surface area contributed by atoms with Crippen molar-refractivity contribution in [3.05, 3.63) is 53.6 Å². The number of likely N-dealkylation sites (tertiary alicyclic amines) is 1. The molecule has 0 saturated carbocycles. The van der Waals surface area contributed by atoms with Crippen molar-refractivity contribution in [2.24, 2.45) is 0 Å². The smallest absolute Gasteiger partial charge is 0.267 e. The molecule has 0 bridgehead atoms. The largest absolute Gasteiger partial charge is 0.493 e. The van der Waals surface area contributed by atoms with Gasteiger partial charge in [-0.1, -0.05) is 24.3 Å². The molecule has 2 atom stereocenters. The fourth-order valence-corrected chi connectivity index (χ4v) is 4.04. The van der Waals surface area contributed by atoms with Gasteiger partial charge < -0.3 is 19.1 Å². The average Bonchev–Trinajstić information content (AvgIpc) is 3.35. The Morgan fingerprint density at radius 2 is 1.92 bits per heavy atom. The van der Waals surface area contributed by atoms with Crippen LogP contribution in [0.1, 0.15) is 23.5 Å². The molecule has 2 aromatic carbocycles. The zero-order chi connectivity index (χ0) is 17.5. The lowest BCUT2D eigenvalue weighted by Gasteiger charge is -2.28. The van der Waals surface area contributed by atoms with Crippen molar-refractivity contribution >= 4 is 5.91 Å². The highest BCUT2D eigenvalue weighted by molar-refractivity contribution is 5.82. The van der Waals surface area contributed by atoms with Crippen molar-refractivity contribution in [3.63, 3.8) is 0 Å². The predicted octanol–water partition coefficient (Wildman–Crippen LogP) is 2.78. The van der Waals surface area contributed by atoms with Gasteiger partial charge in [0, 0.05) is 25.4 Å². The Morgan fingerprint density at radius 3 is 2.85 bits per heavy atom. The molecule has 0 radical (unpaired) electrons. The third kappa shape index (κ3) is 2.68. The maximum Gasteiger partial charge on any atom is 0.267 e. The Balaban J connectivity index is 1.27. The van der Waals surface area contributed by atoms with E-state index in [1.54, 1.807) is 0 Å². The van der Waals surface area contributed by atoms with Gasteiger partial charge in [-0.15, -0.1) is 0 Å². The van der Waals surface area contributed by atoms with Crippen LogP contribution in [-0.2, 0) is 11.2 Å². The summed E-state index contributed by atoms with van der Waals surface area (Å²) in [5.74, 6) is 2.75. The van der Waals surface area contributed by atoms with Crippen molar-refractivity contribution < 1.29 is 19.0 Å². The minimum absolute atomic E-state index is 0.0199. The summed E-state index contributed by atoms with van der Waals surface area (Å²) >= 11 is 0. The SMILES string of the molecule is O=C(C1COc2ccccc2O1)N1CCC(c2ccc3c(c2)CCO3)C1. The number of carbonyl (C=O) groups excluding carboxylic acids is 1. The molecule has 2 aromatic rings. The van der Waals surface area contributed by atoms with Crippen LogP contribution in [0.2, 0.25) is 0 Å². The second-order valence-corrected chi connectivity index (χ2v) is 7.10. The summed E-state index contributed by atoms with van der Waals surface area (Å²) in [4.78, 5) is 14.8. The summed E-state index contributed by atoms with van der Waals surface area (Å²) in [7, 11) is 0. The third-order valence-electron chi connectivity index (χ3n) is 5.47. The quantitative estimate of drug-likeness (QED) is 0.835. The van der Waals surface area contributed by atoms with Gasteiger partial charge in [-0.2, -0.15) is 0 Å². The summed E-state index contributed by atoms with van der Waals surface area (Å²) < 4.78 is 17.2. The standard InChI is InChI=1S/C21H21NO4/c23-21(20-13-25-18-3-1-2-4-19(18)26-20)22-9-7-16(12-22)14-5-6-17-15(11-14)8-10-24-17/h1-6,11,16,20H,7-10,12-13H2. The molecule has 0 spiro atoms. The Morgan fingerprint density at radius 1 is 1.04 bits per heavy atom. The Hall–Kier alpha value is -2.69. The van der Waals surface area contributed by atoms with Crippen molar-refractivity contribution in [2.45, 2.75) is 24.9 Å². The van der Waals surface area contributed by atoms with Crippen molar-refractivity contribution in [3.8, 4) is 17.2 Å². The zero-order valence-electron chi connectivity index (χ0n) is 14.5. The number of para-hydroxylation sites is 2. The van der Waals surface area contributed by atoms with Crippen LogP contribution in [0.4, 0.5) is 0 Å². The summed E-state index contributed by atoms with van der Waals surface area (Å²) in [5, 5.41) is 0. The van der Waals surface area contributed by atoms with E-state index in [9.17, 15) is 4.79 Å². The second-order valence-electron chi connectivity index (χ2n) is 7.10. The number of hydrogen-bond acceptors (Lipinski definition) is 4. The Bertz CT molecular complexity index is 850. The predicted molar refractivity (Wildman–Crippen MR) is 95.9 cm³/mol. The van der Waals surface area contributed by atoms with Gasteiger partial charge in [0.05, 0.1) is 6.61 Å². The normalized spacial score (nSPS) is 23.5. The number of hydrogen-bond donors (Lipinski definition) is 0. The molecule has 0 N–H and O–H groups in total. The summed E-state index contributed by atoms with van der Waals surface area (Å²) in [5.41, 5.74) is 2.59. The van der Waals surface area contributed by atoms with Gasteiger partial charge in [0.15, 0.2) is 11.5 Å². The lowest BCUT2D eigenvalue weighted by atomic mass is 9.96. The molecule has 5 nitrogen and oxygen atoms in total. The molecule has 2 unspecified atom stereocenters. The number of ether oxygens (including phenoxy) is 3. The van der Waals surface area contributed by atoms with Gasteiger partial charge in [-0.05, 0) is 35.7 Å². The molecule has 1 amide bonds. The number of rotatable bonds is 2. The van der Waals surface area contributed by atoms with Gasteiger partial charge in [0.2, 0.25) is 6.10 Å². The minimum Gasteiger partial charge on any atom is -0.493 e. The van der Waals surface area contributed by atoms with E-state index in [1.165, 1.54) is 11.1 Å². The number of fused-ring (bicyclic) bond motifs is 2. The highest BCUT2D eigenvalue weighted by atomic mass is 16.6. The lowest BCUT2D eigenvalue weighted by Crippen LogP contribution is -2.45. The van der Waals surface area contributed by atoms with Crippen molar-refractivity contribution in [1.82, 2.24) is 4.90 Å². The first-order valence-corrected chi connectivity index (χ1v) is 9.21. The van der Waals surface area contributed by atoms with Crippen LogP contribution >= 0.6 is 0 Å². The molecule has 5 rings (SSSR count). The summed E-state index contributed by atoms with van der Waals surface area (Å²) in [6.45, 7) is 2.54. The summed E-state index contributed by atoms with van der Waals surface area (Å²) in [6, 6.07) is 13.9. The molecule has 3 heterocycles. The van der Waals surface area contributed by atoms with Crippen LogP contribution in [0, 0.1) is 0 Å². The topological polar surface area (TPSA) is 48.0 Å². The minimum atomic E-state index is -0.558. The Kier molecular flexibility index (Phi) is 3.73. The second kappa shape index (κ2) is 6.24. The van der Waals surface area contributed by atoms with Gasteiger partial charge in [-0.3, -0.25) is 4.79 Å². The fraction of sp³-hybridized carbons (Fsp3) is 0.381. The third-order valence-corrected chi connectivity index (χ3v) is 5.47. The monoisotopic (exact) mass is 351 g/mol. The molecule has 1 fully saturated rings. The van der Waals surface area contributed by atoms with E-state index in [-0.39, 0.29) is 12.5 Å². The molecule has 3 aliphatic rings. The van der Waals surface area contributed by atoms with Crippen molar-refractivity contribution in [2.75, 3.05) is 26.3 Å². The van der Waals surface area contributed by atoms with E-state index >= 15 is 0 Å². The van der Waals surface area contributed by atoms with E-state index in [0.717, 1.165) is 38.3 Å². The fourth-order valence-electron chi connectivity index (χ4n) is 4.04. The first kappa shape index (κ1) is 15.6. The first-order valence-electron chi connectivity index (χ1n) is 9.21. The zero-order valence-corrected chi connectivity index (χ0v) is 14.5. The van der Waals surface area contributed by atoms with E-state index in [0.29, 0.717) is 17.4 Å². The van der Waals surface area contributed by atoms with E-state index in [4.69, 9.17) is 14.2 Å². The number of nitrogens with zero attached hydrogens (tertiary/aromatic N) is 1. The van der Waals surface area contributed by atoms with E-state index in [2.05, 4.69) is 18.2 Å². The van der Waals surface area contributed by atoms with Crippen LogP contribution in [0.5, 0.6) is 17.2 Å². The highest BCUT2D eigenvalue weighted by Gasteiger charge is 2.35. The van der Waals surface area contributed by atoms with Crippen molar-refractivity contribution in [1.29, 1.82) is 0 Å². The molecule has 0 aromatic heterocycles. The number of amides is 1. The van der Waals surface area contributed by atoms with Crippen LogP contribution in [0.25, 0.3) is 0 Å². The van der Waals surface area contributed by atoms with Crippen LogP contribution in [-0.4, -0.2) is 43.2 Å². The lowest BCUT2D eigenvalue weighted by molar-refractivity contribution is -0.140.